The fourth-order valence-corrected chi connectivity index (χ4v) is 7.93. The van der Waals surface area contributed by atoms with E-state index in [1.165, 1.54) is 54.6 Å². The monoisotopic (exact) mass is 705 g/mol. The van der Waals surface area contributed by atoms with Crippen molar-refractivity contribution in [2.45, 2.75) is 6.92 Å². The lowest BCUT2D eigenvalue weighted by Crippen LogP contribution is -1.98. The van der Waals surface area contributed by atoms with Crippen molar-refractivity contribution in [1.82, 2.24) is 9.55 Å². The van der Waals surface area contributed by atoms with Gasteiger partial charge in [-0.2, -0.15) is 0 Å². The molecular weight excluding hydrogens is 667 g/mol. The van der Waals surface area contributed by atoms with Gasteiger partial charge in [-0.05, 0) is 109 Å². The van der Waals surface area contributed by atoms with Crippen LogP contribution in [0.25, 0.3) is 99.4 Å². The Morgan fingerprint density at radius 2 is 1.15 bits per heavy atom. The van der Waals surface area contributed by atoms with Gasteiger partial charge in [0.05, 0.1) is 28.6 Å². The molecule has 0 fully saturated rings. The van der Waals surface area contributed by atoms with Crippen molar-refractivity contribution < 1.29 is 0 Å². The maximum atomic E-state index is 6.45. The molecule has 2 N–H and O–H groups in total. The number of allylic oxidation sites excluding steroid dienone is 7. The summed E-state index contributed by atoms with van der Waals surface area (Å²) in [6, 6.07) is 51.0. The highest BCUT2D eigenvalue weighted by Crippen LogP contribution is 2.44. The summed E-state index contributed by atoms with van der Waals surface area (Å²) < 4.78 is 2.19. The summed E-state index contributed by atoms with van der Waals surface area (Å²) in [5.41, 5.74) is 17.2. The average molecular weight is 706 g/mol. The topological polar surface area (TPSA) is 43.8 Å². The van der Waals surface area contributed by atoms with Crippen LogP contribution in [0.2, 0.25) is 0 Å². The molecule has 0 saturated heterocycles. The number of pyridine rings is 1. The van der Waals surface area contributed by atoms with E-state index >= 15 is 0 Å². The molecule has 0 aliphatic rings. The van der Waals surface area contributed by atoms with Crippen LogP contribution in [-0.4, -0.2) is 9.55 Å². The lowest BCUT2D eigenvalue weighted by molar-refractivity contribution is 1.23. The average Bonchev–Trinajstić information content (AvgIpc) is 3.55. The first-order valence-electron chi connectivity index (χ1n) is 18.6. The van der Waals surface area contributed by atoms with E-state index < -0.39 is 0 Å². The van der Waals surface area contributed by atoms with Crippen LogP contribution in [-0.2, 0) is 0 Å². The molecule has 9 aromatic rings. The molecule has 9 rings (SSSR count). The highest BCUT2D eigenvalue weighted by atomic mass is 15.0. The molecule has 0 aliphatic carbocycles. The Morgan fingerprint density at radius 3 is 1.84 bits per heavy atom. The summed E-state index contributed by atoms with van der Waals surface area (Å²) in [6.07, 6.45) is 17.5. The summed E-state index contributed by atoms with van der Waals surface area (Å²) in [4.78, 5) is 4.74. The minimum absolute atomic E-state index is 0.627. The number of fused-ring (bicyclic) bond motifs is 6. The molecule has 0 spiro atoms. The molecule has 3 heteroatoms. The number of nitrogens with zero attached hydrogens (tertiary/aromatic N) is 2. The van der Waals surface area contributed by atoms with Gasteiger partial charge in [-0.25, -0.2) is 0 Å². The normalized spacial score (nSPS) is 12.5. The predicted molar refractivity (Wildman–Crippen MR) is 238 cm³/mol. The van der Waals surface area contributed by atoms with Crippen LogP contribution in [0, 0.1) is 0 Å². The molecule has 0 radical (unpaired) electrons. The zero-order valence-corrected chi connectivity index (χ0v) is 30.7. The second-order valence-electron chi connectivity index (χ2n) is 13.8. The first kappa shape index (κ1) is 33.6. The van der Waals surface area contributed by atoms with Gasteiger partial charge < -0.3 is 10.3 Å². The van der Waals surface area contributed by atoms with Crippen LogP contribution >= 0.6 is 0 Å². The Morgan fingerprint density at radius 1 is 0.545 bits per heavy atom. The molecular formula is C52H39N3. The number of rotatable bonds is 8. The molecule has 3 nitrogen and oxygen atoms in total. The minimum Gasteiger partial charge on any atom is -0.397 e. The highest BCUT2D eigenvalue weighted by molar-refractivity contribution is 6.22. The fraction of sp³-hybridized carbons (Fsp3) is 0.0192. The van der Waals surface area contributed by atoms with Crippen LogP contribution in [0.1, 0.15) is 12.6 Å². The Balaban J connectivity index is 1.17. The van der Waals surface area contributed by atoms with Crippen LogP contribution < -0.4 is 5.73 Å². The third kappa shape index (κ3) is 6.02. The van der Waals surface area contributed by atoms with Crippen molar-refractivity contribution in [2.75, 3.05) is 0 Å². The fourth-order valence-electron chi connectivity index (χ4n) is 7.93. The van der Waals surface area contributed by atoms with E-state index in [0.717, 1.165) is 38.6 Å². The van der Waals surface area contributed by atoms with E-state index in [9.17, 15) is 0 Å². The van der Waals surface area contributed by atoms with Gasteiger partial charge in [-0.1, -0.05) is 152 Å². The third-order valence-corrected chi connectivity index (χ3v) is 10.5. The largest absolute Gasteiger partial charge is 0.397 e. The maximum absolute atomic E-state index is 6.45. The molecule has 0 unspecified atom stereocenters. The van der Waals surface area contributed by atoms with Gasteiger partial charge in [0.1, 0.15) is 0 Å². The Labute approximate surface area is 321 Å². The van der Waals surface area contributed by atoms with Crippen LogP contribution in [0.4, 0.5) is 0 Å². The first-order chi connectivity index (χ1) is 27.1. The van der Waals surface area contributed by atoms with Crippen molar-refractivity contribution in [3.05, 3.63) is 201 Å². The van der Waals surface area contributed by atoms with Gasteiger partial charge in [-0.3, -0.25) is 4.98 Å². The molecule has 0 atom stereocenters. The Bertz CT molecular complexity index is 3000. The number of aromatic nitrogens is 2. The zero-order valence-electron chi connectivity index (χ0n) is 30.7. The van der Waals surface area contributed by atoms with Gasteiger partial charge in [0.15, 0.2) is 0 Å². The van der Waals surface area contributed by atoms with Gasteiger partial charge in [-0.15, -0.1) is 0 Å². The van der Waals surface area contributed by atoms with Crippen LogP contribution in [0.3, 0.4) is 0 Å². The maximum Gasteiger partial charge on any atom is 0.0866 e. The summed E-state index contributed by atoms with van der Waals surface area (Å²) in [5, 5.41) is 9.72. The van der Waals surface area contributed by atoms with E-state index in [2.05, 4.69) is 157 Å². The van der Waals surface area contributed by atoms with Crippen molar-refractivity contribution in [1.29, 1.82) is 0 Å². The quantitative estimate of drug-likeness (QED) is 0.126. The van der Waals surface area contributed by atoms with Gasteiger partial charge >= 0.3 is 0 Å². The van der Waals surface area contributed by atoms with E-state index in [4.69, 9.17) is 10.7 Å². The molecule has 262 valence electrons. The smallest absolute Gasteiger partial charge is 0.0866 e. The van der Waals surface area contributed by atoms with E-state index in [1.807, 2.05) is 49.6 Å². The standard InChI is InChI=1S/C52H39N3/c1-3-5-7-14-30-55-49-29-28-39(32-45(49)46-33-48(54-34-50(46)55)47(53)21-6-4-2)36-22-25-37(26-23-36)51-41-17-10-12-19-43(41)52(44-20-13-11-18-42(44)51)40-27-24-35-15-8-9-16-38(35)31-40/h3-34H,1,53H2,2H3/b6-4-,7-5-,30-14-,47-21-. The first-order valence-corrected chi connectivity index (χ1v) is 18.6. The summed E-state index contributed by atoms with van der Waals surface area (Å²) in [7, 11) is 0. The second kappa shape index (κ2) is 14.3. The van der Waals surface area contributed by atoms with Crippen molar-refractivity contribution in [3.63, 3.8) is 0 Å². The van der Waals surface area contributed by atoms with Gasteiger partial charge in [0.2, 0.25) is 0 Å². The van der Waals surface area contributed by atoms with Gasteiger partial charge in [0.25, 0.3) is 0 Å². The molecule has 2 aromatic heterocycles. The van der Waals surface area contributed by atoms with Gasteiger partial charge in [0, 0.05) is 17.0 Å². The molecule has 7 aromatic carbocycles. The summed E-state index contributed by atoms with van der Waals surface area (Å²) in [5.74, 6) is 0. The number of nitrogens with two attached hydrogens (primary N) is 1. The molecule has 0 aliphatic heterocycles. The Hall–Kier alpha value is -7.23. The van der Waals surface area contributed by atoms with Crippen LogP contribution in [0.5, 0.6) is 0 Å². The highest BCUT2D eigenvalue weighted by Gasteiger charge is 2.18. The van der Waals surface area contributed by atoms with E-state index in [0.29, 0.717) is 5.70 Å². The SMILES string of the molecule is C=C/C=C\C=C/n1c2ccc(-c3ccc(-c4c5ccccc5c(-c5ccc6ccccc6c5)c5ccccc45)cc3)cc2c2cc(/C(N)=C/C=C\C)ncc21. The van der Waals surface area contributed by atoms with Crippen molar-refractivity contribution in [2.24, 2.45) is 5.73 Å². The van der Waals surface area contributed by atoms with Crippen molar-refractivity contribution >= 4 is 66.0 Å². The Kier molecular flexibility index (Phi) is 8.74. The molecule has 55 heavy (non-hydrogen) atoms. The number of benzene rings is 7. The van der Waals surface area contributed by atoms with E-state index in [-0.39, 0.29) is 0 Å². The minimum atomic E-state index is 0.627. The second-order valence-corrected chi connectivity index (χ2v) is 13.8. The molecule has 2 heterocycles. The lowest BCUT2D eigenvalue weighted by Gasteiger charge is -2.18. The summed E-state index contributed by atoms with van der Waals surface area (Å²) >= 11 is 0. The molecule has 0 bridgehead atoms. The van der Waals surface area contributed by atoms with Crippen LogP contribution in [0.15, 0.2) is 195 Å². The lowest BCUT2D eigenvalue weighted by atomic mass is 9.85. The third-order valence-electron chi connectivity index (χ3n) is 10.5. The molecule has 0 saturated carbocycles. The number of hydrogen-bond acceptors (Lipinski definition) is 2. The van der Waals surface area contributed by atoms with E-state index in [1.54, 1.807) is 6.08 Å². The number of hydrogen-bond donors (Lipinski definition) is 1. The molecule has 0 amide bonds. The summed E-state index contributed by atoms with van der Waals surface area (Å²) in [6.45, 7) is 5.77. The predicted octanol–water partition coefficient (Wildman–Crippen LogP) is 13.7. The zero-order chi connectivity index (χ0) is 37.3. The van der Waals surface area contributed by atoms with Crippen molar-refractivity contribution in [3.8, 4) is 33.4 Å².